The molecule has 4 N–H and O–H groups in total. The van der Waals surface area contributed by atoms with E-state index in [0.717, 1.165) is 11.1 Å². The van der Waals surface area contributed by atoms with E-state index in [2.05, 4.69) is 48.5 Å². The molecule has 0 radical (unpaired) electrons. The molecule has 0 spiro atoms. The lowest BCUT2D eigenvalue weighted by Gasteiger charge is -2.07. The second-order valence-corrected chi connectivity index (χ2v) is 5.91. The molecule has 26 heavy (non-hydrogen) atoms. The highest BCUT2D eigenvalue weighted by atomic mass is 14.7. The Morgan fingerprint density at radius 1 is 0.385 bits per heavy atom. The second kappa shape index (κ2) is 8.54. The molecule has 0 aliphatic rings. The van der Waals surface area contributed by atoms with E-state index in [1.807, 2.05) is 60.7 Å². The Bertz CT molecular complexity index is 896. The van der Waals surface area contributed by atoms with Crippen LogP contribution in [0.4, 0.5) is 11.4 Å². The maximum atomic E-state index is 5.89. The lowest BCUT2D eigenvalue weighted by atomic mass is 10.0. The van der Waals surface area contributed by atoms with Gasteiger partial charge in [-0.05, 0) is 22.8 Å². The molecular formula is C24H22N2. The third-order valence-corrected chi connectivity index (χ3v) is 4.11. The summed E-state index contributed by atoms with van der Waals surface area (Å²) in [6, 6.07) is 36.5. The van der Waals surface area contributed by atoms with E-state index >= 15 is 0 Å². The van der Waals surface area contributed by atoms with Crippen molar-refractivity contribution < 1.29 is 0 Å². The van der Waals surface area contributed by atoms with E-state index < -0.39 is 0 Å². The highest BCUT2D eigenvalue weighted by Gasteiger charge is 2.03. The molecular weight excluding hydrogens is 316 g/mol. The SMILES string of the molecule is Nc1cccc(-c2ccccc2)c1N.c1ccc(-c2ccccc2)cc1. The van der Waals surface area contributed by atoms with E-state index in [1.165, 1.54) is 11.1 Å². The number of benzene rings is 4. The summed E-state index contributed by atoms with van der Waals surface area (Å²) in [5.74, 6) is 0. The molecule has 0 saturated carbocycles. The molecule has 0 aliphatic carbocycles. The van der Waals surface area contributed by atoms with E-state index in [9.17, 15) is 0 Å². The number of hydrogen-bond acceptors (Lipinski definition) is 2. The summed E-state index contributed by atoms with van der Waals surface area (Å²) in [4.78, 5) is 0. The van der Waals surface area contributed by atoms with Gasteiger partial charge < -0.3 is 11.5 Å². The number of para-hydroxylation sites is 1. The molecule has 0 aliphatic heterocycles. The van der Waals surface area contributed by atoms with Crippen LogP contribution in [0.5, 0.6) is 0 Å². The van der Waals surface area contributed by atoms with Crippen LogP contribution in [0.25, 0.3) is 22.3 Å². The van der Waals surface area contributed by atoms with Gasteiger partial charge in [-0.25, -0.2) is 0 Å². The topological polar surface area (TPSA) is 52.0 Å². The van der Waals surface area contributed by atoms with Crippen LogP contribution in [-0.2, 0) is 0 Å². The molecule has 4 rings (SSSR count). The summed E-state index contributed by atoms with van der Waals surface area (Å²) >= 11 is 0. The van der Waals surface area contributed by atoms with Gasteiger partial charge >= 0.3 is 0 Å². The van der Waals surface area contributed by atoms with Gasteiger partial charge in [0.1, 0.15) is 0 Å². The van der Waals surface area contributed by atoms with Crippen molar-refractivity contribution in [3.63, 3.8) is 0 Å². The lowest BCUT2D eigenvalue weighted by molar-refractivity contribution is 1.60. The third kappa shape index (κ3) is 4.31. The Balaban J connectivity index is 0.000000152. The molecule has 128 valence electrons. The van der Waals surface area contributed by atoms with Crippen molar-refractivity contribution in [2.24, 2.45) is 0 Å². The highest BCUT2D eigenvalue weighted by molar-refractivity contribution is 5.84. The molecule has 0 saturated heterocycles. The predicted molar refractivity (Wildman–Crippen MR) is 113 cm³/mol. The van der Waals surface area contributed by atoms with Crippen molar-refractivity contribution in [2.45, 2.75) is 0 Å². The highest BCUT2D eigenvalue weighted by Crippen LogP contribution is 2.29. The summed E-state index contributed by atoms with van der Waals surface area (Å²) in [6.07, 6.45) is 0. The van der Waals surface area contributed by atoms with Crippen LogP contribution in [0.15, 0.2) is 109 Å². The van der Waals surface area contributed by atoms with Crippen LogP contribution in [-0.4, -0.2) is 0 Å². The summed E-state index contributed by atoms with van der Waals surface area (Å²) in [7, 11) is 0. The zero-order valence-electron chi connectivity index (χ0n) is 14.5. The van der Waals surface area contributed by atoms with Crippen molar-refractivity contribution in [1.82, 2.24) is 0 Å². The van der Waals surface area contributed by atoms with Gasteiger partial charge in [0.25, 0.3) is 0 Å². The Morgan fingerprint density at radius 3 is 1.27 bits per heavy atom. The van der Waals surface area contributed by atoms with Crippen LogP contribution >= 0.6 is 0 Å². The largest absolute Gasteiger partial charge is 0.397 e. The molecule has 2 nitrogen and oxygen atoms in total. The molecule has 0 amide bonds. The second-order valence-electron chi connectivity index (χ2n) is 5.91. The molecule has 0 unspecified atom stereocenters. The van der Waals surface area contributed by atoms with Crippen molar-refractivity contribution in [3.05, 3.63) is 109 Å². The Morgan fingerprint density at radius 2 is 0.808 bits per heavy atom. The van der Waals surface area contributed by atoms with Crippen molar-refractivity contribution >= 4 is 11.4 Å². The number of rotatable bonds is 2. The Labute approximate surface area is 154 Å². The Kier molecular flexibility index (Phi) is 5.69. The fourth-order valence-corrected chi connectivity index (χ4v) is 2.71. The van der Waals surface area contributed by atoms with Crippen molar-refractivity contribution in [2.75, 3.05) is 11.5 Å². The Hall–Kier alpha value is -3.52. The third-order valence-electron chi connectivity index (χ3n) is 4.11. The molecule has 4 aromatic rings. The first-order valence-electron chi connectivity index (χ1n) is 8.55. The summed E-state index contributed by atoms with van der Waals surface area (Å²) in [6.45, 7) is 0. The number of nitrogen functional groups attached to an aromatic ring is 2. The monoisotopic (exact) mass is 338 g/mol. The average molecular weight is 338 g/mol. The average Bonchev–Trinajstić information content (AvgIpc) is 2.72. The van der Waals surface area contributed by atoms with Crippen molar-refractivity contribution in [1.29, 1.82) is 0 Å². The van der Waals surface area contributed by atoms with Crippen LogP contribution < -0.4 is 11.5 Å². The minimum Gasteiger partial charge on any atom is -0.397 e. The predicted octanol–water partition coefficient (Wildman–Crippen LogP) is 5.87. The maximum absolute atomic E-state index is 5.89. The number of nitrogens with two attached hydrogens (primary N) is 2. The van der Waals surface area contributed by atoms with Gasteiger partial charge in [0, 0.05) is 5.56 Å². The standard InChI is InChI=1S/C12H12N2.C12H10/c13-11-8-4-7-10(12(11)14)9-5-2-1-3-6-9;1-3-7-11(8-4-1)12-9-5-2-6-10-12/h1-8H,13-14H2;1-10H. The molecule has 0 atom stereocenters. The molecule has 0 heterocycles. The quantitative estimate of drug-likeness (QED) is 0.449. The summed E-state index contributed by atoms with van der Waals surface area (Å²) in [5.41, 5.74) is 17.5. The van der Waals surface area contributed by atoms with Crippen LogP contribution in [0, 0.1) is 0 Å². The molecule has 0 fully saturated rings. The normalized spacial score (nSPS) is 9.85. The van der Waals surface area contributed by atoms with E-state index in [1.54, 1.807) is 0 Å². The fraction of sp³-hybridized carbons (Fsp3) is 0. The van der Waals surface area contributed by atoms with E-state index in [0.29, 0.717) is 11.4 Å². The van der Waals surface area contributed by atoms with Gasteiger partial charge in [0.2, 0.25) is 0 Å². The zero-order valence-corrected chi connectivity index (χ0v) is 14.5. The summed E-state index contributed by atoms with van der Waals surface area (Å²) < 4.78 is 0. The van der Waals surface area contributed by atoms with Gasteiger partial charge in [0.15, 0.2) is 0 Å². The van der Waals surface area contributed by atoms with Crippen molar-refractivity contribution in [3.8, 4) is 22.3 Å². The first-order chi connectivity index (χ1) is 12.8. The molecule has 0 bridgehead atoms. The number of hydrogen-bond donors (Lipinski definition) is 2. The van der Waals surface area contributed by atoms with Gasteiger partial charge in [-0.3, -0.25) is 0 Å². The van der Waals surface area contributed by atoms with Crippen LogP contribution in [0.2, 0.25) is 0 Å². The first-order valence-corrected chi connectivity index (χ1v) is 8.55. The first kappa shape index (κ1) is 17.3. The number of anilines is 2. The minimum atomic E-state index is 0.631. The van der Waals surface area contributed by atoms with Gasteiger partial charge in [-0.1, -0.05) is 103 Å². The fourth-order valence-electron chi connectivity index (χ4n) is 2.71. The minimum absolute atomic E-state index is 0.631. The molecule has 4 aromatic carbocycles. The molecule has 0 aromatic heterocycles. The lowest BCUT2D eigenvalue weighted by Crippen LogP contribution is -1.96. The van der Waals surface area contributed by atoms with E-state index in [-0.39, 0.29) is 0 Å². The van der Waals surface area contributed by atoms with Gasteiger partial charge in [-0.2, -0.15) is 0 Å². The maximum Gasteiger partial charge on any atom is 0.0627 e. The van der Waals surface area contributed by atoms with Gasteiger partial charge in [-0.15, -0.1) is 0 Å². The zero-order chi connectivity index (χ0) is 18.2. The van der Waals surface area contributed by atoms with Crippen LogP contribution in [0.1, 0.15) is 0 Å². The van der Waals surface area contributed by atoms with Gasteiger partial charge in [0.05, 0.1) is 11.4 Å². The summed E-state index contributed by atoms with van der Waals surface area (Å²) in [5, 5.41) is 0. The van der Waals surface area contributed by atoms with Crippen LogP contribution in [0.3, 0.4) is 0 Å². The smallest absolute Gasteiger partial charge is 0.0627 e. The van der Waals surface area contributed by atoms with E-state index in [4.69, 9.17) is 11.5 Å². The molecule has 2 heteroatoms.